The van der Waals surface area contributed by atoms with Crippen molar-refractivity contribution in [2.24, 2.45) is 0 Å². The van der Waals surface area contributed by atoms with Gasteiger partial charge >= 0.3 is 0 Å². The van der Waals surface area contributed by atoms with Gasteiger partial charge in [-0.15, -0.1) is 0 Å². The average molecular weight is 158 g/mol. The molecule has 2 heteroatoms. The van der Waals surface area contributed by atoms with E-state index in [1.165, 1.54) is 6.42 Å². The lowest BCUT2D eigenvalue weighted by atomic mass is 10.3. The van der Waals surface area contributed by atoms with E-state index in [1.54, 1.807) is 12.1 Å². The fourth-order valence-corrected chi connectivity index (χ4v) is 0.741. The number of para-hydroxylation sites is 1. The molecular weight excluding hydrogens is 150 g/mol. The van der Waals surface area contributed by atoms with Crippen molar-refractivity contribution in [3.8, 4) is 11.8 Å². The molecule has 0 saturated heterocycles. The number of benzene rings is 1. The topological polar surface area (TPSA) is 33.0 Å². The van der Waals surface area contributed by atoms with E-state index < -0.39 is 0 Å². The number of hydrogen-bond acceptors (Lipinski definition) is 2. The third-order valence-corrected chi connectivity index (χ3v) is 1.22. The molecule has 1 aromatic carbocycles. The summed E-state index contributed by atoms with van der Waals surface area (Å²) in [5.74, 6) is 1.04. The number of hydrogen-bond donors (Lipinski definition) is 0. The van der Waals surface area contributed by atoms with Crippen molar-refractivity contribution in [2.75, 3.05) is 0 Å². The largest absolute Gasteiger partial charge is 0.461 e. The zero-order valence-electron chi connectivity index (χ0n) is 6.53. The Labute approximate surface area is 71.7 Å². The van der Waals surface area contributed by atoms with E-state index in [2.05, 4.69) is 6.58 Å². The molecule has 0 aromatic heterocycles. The highest BCUT2D eigenvalue weighted by molar-refractivity contribution is 5.26. The van der Waals surface area contributed by atoms with E-state index in [1.807, 2.05) is 24.3 Å². The molecular formula is C10H8NO. The molecule has 0 aliphatic rings. The third kappa shape index (κ3) is 2.47. The third-order valence-electron chi connectivity index (χ3n) is 1.22. The molecule has 59 valence electrons. The van der Waals surface area contributed by atoms with Gasteiger partial charge in [-0.2, -0.15) is 5.26 Å². The fraction of sp³-hybridized carbons (Fsp3) is 0. The minimum absolute atomic E-state index is 0.351. The highest BCUT2D eigenvalue weighted by Gasteiger charge is 1.95. The van der Waals surface area contributed by atoms with Crippen molar-refractivity contribution in [2.45, 2.75) is 0 Å². The standard InChI is InChI=1S/C10H8NO/c1-9(7-8-11)12-10-5-3-2-4-6-10/h2-7H,1H2. The van der Waals surface area contributed by atoms with Crippen molar-refractivity contribution in [3.05, 3.63) is 49.1 Å². The highest BCUT2D eigenvalue weighted by atomic mass is 16.5. The van der Waals surface area contributed by atoms with Gasteiger partial charge in [-0.3, -0.25) is 0 Å². The molecule has 0 unspecified atom stereocenters. The minimum atomic E-state index is 0.351. The lowest BCUT2D eigenvalue weighted by Gasteiger charge is -2.03. The van der Waals surface area contributed by atoms with Gasteiger partial charge in [-0.05, 0) is 12.1 Å². The van der Waals surface area contributed by atoms with Gasteiger partial charge < -0.3 is 4.74 Å². The van der Waals surface area contributed by atoms with E-state index in [4.69, 9.17) is 10.00 Å². The highest BCUT2D eigenvalue weighted by Crippen LogP contribution is 2.12. The molecule has 0 aliphatic heterocycles. The summed E-state index contributed by atoms with van der Waals surface area (Å²) < 4.78 is 5.18. The second-order valence-electron chi connectivity index (χ2n) is 2.15. The van der Waals surface area contributed by atoms with Gasteiger partial charge in [0, 0.05) is 0 Å². The molecule has 1 radical (unpaired) electrons. The van der Waals surface area contributed by atoms with E-state index >= 15 is 0 Å². The van der Waals surface area contributed by atoms with Gasteiger partial charge in [-0.25, -0.2) is 0 Å². The normalized spacial score (nSPS) is 8.58. The number of nitrogens with zero attached hydrogens (tertiary/aromatic N) is 1. The SMILES string of the molecule is C=C([CH]C#N)Oc1ccccc1. The van der Waals surface area contributed by atoms with Crippen LogP contribution in [0.25, 0.3) is 0 Å². The molecule has 12 heavy (non-hydrogen) atoms. The molecule has 0 aliphatic carbocycles. The van der Waals surface area contributed by atoms with Crippen LogP contribution in [0, 0.1) is 17.8 Å². The Balaban J connectivity index is 2.54. The summed E-state index contributed by atoms with van der Waals surface area (Å²) >= 11 is 0. The van der Waals surface area contributed by atoms with E-state index in [0.717, 1.165) is 0 Å². The molecule has 0 amide bonds. The van der Waals surface area contributed by atoms with Gasteiger partial charge in [0.2, 0.25) is 0 Å². The van der Waals surface area contributed by atoms with Crippen LogP contribution in [-0.2, 0) is 0 Å². The van der Waals surface area contributed by atoms with Crippen molar-refractivity contribution < 1.29 is 4.74 Å². The van der Waals surface area contributed by atoms with E-state index in [0.29, 0.717) is 11.5 Å². The second-order valence-corrected chi connectivity index (χ2v) is 2.15. The predicted molar refractivity (Wildman–Crippen MR) is 46.1 cm³/mol. The summed E-state index contributed by atoms with van der Waals surface area (Å²) in [5, 5.41) is 8.27. The lowest BCUT2D eigenvalue weighted by Crippen LogP contribution is -1.92. The molecule has 0 fully saturated rings. The van der Waals surface area contributed by atoms with Gasteiger partial charge in [0.1, 0.15) is 17.9 Å². The fourth-order valence-electron chi connectivity index (χ4n) is 0.741. The molecule has 1 aromatic rings. The number of rotatable bonds is 3. The minimum Gasteiger partial charge on any atom is -0.461 e. The molecule has 0 N–H and O–H groups in total. The van der Waals surface area contributed by atoms with E-state index in [9.17, 15) is 0 Å². The summed E-state index contributed by atoms with van der Waals surface area (Å²) in [6, 6.07) is 11.0. The van der Waals surface area contributed by atoms with Crippen LogP contribution in [0.15, 0.2) is 42.7 Å². The summed E-state index contributed by atoms with van der Waals surface area (Å²) in [7, 11) is 0. The average Bonchev–Trinajstić information content (AvgIpc) is 2.06. The number of ether oxygens (including phenoxy) is 1. The molecule has 0 bridgehead atoms. The van der Waals surface area contributed by atoms with Crippen molar-refractivity contribution in [1.82, 2.24) is 0 Å². The Morgan fingerprint density at radius 1 is 1.42 bits per heavy atom. The Kier molecular flexibility index (Phi) is 2.92. The first-order chi connectivity index (χ1) is 5.83. The van der Waals surface area contributed by atoms with Crippen LogP contribution in [0.3, 0.4) is 0 Å². The van der Waals surface area contributed by atoms with Crippen LogP contribution in [0.1, 0.15) is 0 Å². The molecule has 0 heterocycles. The molecule has 1 rings (SSSR count). The first-order valence-electron chi connectivity index (χ1n) is 3.47. The smallest absolute Gasteiger partial charge is 0.126 e. The van der Waals surface area contributed by atoms with Crippen LogP contribution in [0.2, 0.25) is 0 Å². The predicted octanol–water partition coefficient (Wildman–Crippen LogP) is 2.31. The van der Waals surface area contributed by atoms with Crippen LogP contribution >= 0.6 is 0 Å². The van der Waals surface area contributed by atoms with Gasteiger partial charge in [0.25, 0.3) is 0 Å². The second kappa shape index (κ2) is 4.20. The van der Waals surface area contributed by atoms with Crippen LogP contribution < -0.4 is 4.74 Å². The van der Waals surface area contributed by atoms with Gasteiger partial charge in [0.15, 0.2) is 0 Å². The molecule has 0 spiro atoms. The first kappa shape index (κ1) is 8.35. The molecule has 2 nitrogen and oxygen atoms in total. The Morgan fingerprint density at radius 3 is 2.67 bits per heavy atom. The van der Waals surface area contributed by atoms with Crippen molar-refractivity contribution in [1.29, 1.82) is 5.26 Å². The van der Waals surface area contributed by atoms with Crippen LogP contribution in [-0.4, -0.2) is 0 Å². The summed E-state index contributed by atoms with van der Waals surface area (Å²) in [6.07, 6.45) is 1.26. The number of allylic oxidation sites excluding steroid dienone is 1. The van der Waals surface area contributed by atoms with Gasteiger partial charge in [-0.1, -0.05) is 24.8 Å². The molecule has 0 atom stereocenters. The van der Waals surface area contributed by atoms with Gasteiger partial charge in [0.05, 0.1) is 6.07 Å². The quantitative estimate of drug-likeness (QED) is 0.632. The van der Waals surface area contributed by atoms with Crippen LogP contribution in [0.5, 0.6) is 5.75 Å². The maximum Gasteiger partial charge on any atom is 0.126 e. The van der Waals surface area contributed by atoms with E-state index in [-0.39, 0.29) is 0 Å². The Morgan fingerprint density at radius 2 is 2.08 bits per heavy atom. The Bertz CT molecular complexity index is 297. The lowest BCUT2D eigenvalue weighted by molar-refractivity contribution is 0.440. The van der Waals surface area contributed by atoms with Crippen LogP contribution in [0.4, 0.5) is 0 Å². The zero-order chi connectivity index (χ0) is 8.81. The Hall–Kier alpha value is -1.75. The summed E-state index contributed by atoms with van der Waals surface area (Å²) in [4.78, 5) is 0. The molecule has 0 saturated carbocycles. The summed E-state index contributed by atoms with van der Waals surface area (Å²) in [5.41, 5.74) is 0. The van der Waals surface area contributed by atoms with Crippen molar-refractivity contribution >= 4 is 0 Å². The summed E-state index contributed by atoms with van der Waals surface area (Å²) in [6.45, 7) is 3.54. The maximum atomic E-state index is 8.27. The first-order valence-corrected chi connectivity index (χ1v) is 3.47. The number of nitriles is 1. The van der Waals surface area contributed by atoms with Crippen molar-refractivity contribution in [3.63, 3.8) is 0 Å². The monoisotopic (exact) mass is 158 g/mol. The maximum absolute atomic E-state index is 8.27. The zero-order valence-corrected chi connectivity index (χ0v) is 6.53.